The lowest BCUT2D eigenvalue weighted by Gasteiger charge is -2.11. The lowest BCUT2D eigenvalue weighted by atomic mass is 10.3. The van der Waals surface area contributed by atoms with Gasteiger partial charge < -0.3 is 15.2 Å². The van der Waals surface area contributed by atoms with Crippen molar-refractivity contribution in [3.05, 3.63) is 36.4 Å². The van der Waals surface area contributed by atoms with Gasteiger partial charge in [0.15, 0.2) is 5.82 Å². The Morgan fingerprint density at radius 1 is 1.26 bits per heavy atom. The maximum atomic E-state index is 4.74. The van der Waals surface area contributed by atoms with Crippen LogP contribution in [0, 0.1) is 6.92 Å². The highest BCUT2D eigenvalue weighted by Crippen LogP contribution is 2.28. The lowest BCUT2D eigenvalue weighted by molar-refractivity contribution is 0.767. The van der Waals surface area contributed by atoms with Gasteiger partial charge in [-0.15, -0.1) is 0 Å². The second-order valence-electron chi connectivity index (χ2n) is 6.43. The molecule has 0 bridgehead atoms. The summed E-state index contributed by atoms with van der Waals surface area (Å²) in [5, 5.41) is 11.9. The van der Waals surface area contributed by atoms with Gasteiger partial charge in [-0.2, -0.15) is 14.5 Å². The molecule has 4 aromatic rings. The van der Waals surface area contributed by atoms with Crippen molar-refractivity contribution >= 4 is 39.3 Å². The quantitative estimate of drug-likeness (QED) is 0.472. The molecule has 4 heterocycles. The molecule has 4 aromatic heterocycles. The maximum Gasteiger partial charge on any atom is 0.230 e. The predicted molar refractivity (Wildman–Crippen MR) is 109 cm³/mol. The second-order valence-corrected chi connectivity index (χ2v) is 7.23. The molecule has 140 valence electrons. The second kappa shape index (κ2) is 7.36. The molecule has 0 saturated heterocycles. The fourth-order valence-electron chi connectivity index (χ4n) is 2.89. The summed E-state index contributed by atoms with van der Waals surface area (Å²) in [5.41, 5.74) is 3.78. The van der Waals surface area contributed by atoms with Gasteiger partial charge in [0.25, 0.3) is 0 Å². The van der Waals surface area contributed by atoms with Crippen LogP contribution in [0.15, 0.2) is 30.7 Å². The summed E-state index contributed by atoms with van der Waals surface area (Å²) in [6.07, 6.45) is 8.01. The molecule has 0 spiro atoms. The molecule has 0 amide bonds. The van der Waals surface area contributed by atoms with E-state index in [9.17, 15) is 0 Å². The minimum atomic E-state index is 0.564. The Kier molecular flexibility index (Phi) is 4.76. The van der Waals surface area contributed by atoms with E-state index in [0.29, 0.717) is 5.95 Å². The number of nitrogens with one attached hydrogen (secondary N) is 2. The van der Waals surface area contributed by atoms with Gasteiger partial charge in [-0.3, -0.25) is 4.68 Å². The van der Waals surface area contributed by atoms with Gasteiger partial charge in [0.1, 0.15) is 10.5 Å². The Labute approximate surface area is 161 Å². The Balaban J connectivity index is 1.76. The van der Waals surface area contributed by atoms with E-state index in [1.54, 1.807) is 4.68 Å². The molecule has 0 aliphatic heterocycles. The third-order valence-electron chi connectivity index (χ3n) is 4.19. The Hall–Kier alpha value is -2.94. The third kappa shape index (κ3) is 3.63. The summed E-state index contributed by atoms with van der Waals surface area (Å²) >= 11 is 1.40. The van der Waals surface area contributed by atoms with Gasteiger partial charge in [-0.05, 0) is 37.0 Å². The van der Waals surface area contributed by atoms with Crippen LogP contribution in [0.3, 0.4) is 0 Å². The molecule has 27 heavy (non-hydrogen) atoms. The number of fused-ring (bicyclic) bond motifs is 1. The van der Waals surface area contributed by atoms with Crippen LogP contribution in [-0.2, 0) is 7.05 Å². The van der Waals surface area contributed by atoms with E-state index in [2.05, 4.69) is 31.6 Å². The average molecular weight is 382 g/mol. The van der Waals surface area contributed by atoms with Crippen molar-refractivity contribution in [1.82, 2.24) is 28.7 Å². The minimum Gasteiger partial charge on any atom is -0.368 e. The van der Waals surface area contributed by atoms with Crippen LogP contribution < -0.4 is 10.6 Å². The van der Waals surface area contributed by atoms with Gasteiger partial charge in [0.2, 0.25) is 5.95 Å². The van der Waals surface area contributed by atoms with E-state index < -0.39 is 0 Å². The third-order valence-corrected chi connectivity index (χ3v) is 4.98. The zero-order valence-corrected chi connectivity index (χ0v) is 16.4. The van der Waals surface area contributed by atoms with Gasteiger partial charge in [-0.1, -0.05) is 13.3 Å². The molecule has 2 N–H and O–H groups in total. The first kappa shape index (κ1) is 17.5. The highest BCUT2D eigenvalue weighted by molar-refractivity contribution is 7.10. The first-order valence-corrected chi connectivity index (χ1v) is 9.73. The molecule has 0 aromatic carbocycles. The minimum absolute atomic E-state index is 0.564. The van der Waals surface area contributed by atoms with Gasteiger partial charge >= 0.3 is 0 Å². The zero-order valence-electron chi connectivity index (χ0n) is 15.6. The fourth-order valence-corrected chi connectivity index (χ4v) is 3.54. The van der Waals surface area contributed by atoms with E-state index in [4.69, 9.17) is 9.97 Å². The number of hydrogen-bond donors (Lipinski definition) is 2. The molecular weight excluding hydrogens is 360 g/mol. The molecule has 4 rings (SSSR count). The topological polar surface area (TPSA) is 85.5 Å². The summed E-state index contributed by atoms with van der Waals surface area (Å²) in [4.78, 5) is 9.43. The molecule has 0 aliphatic carbocycles. The SMILES string of the molecule is CCCCNc1nc(Nc2cc(C)ns2)nc2ccn(-c3cnn(C)c3)c12. The van der Waals surface area contributed by atoms with Gasteiger partial charge in [0.05, 0.1) is 23.1 Å². The van der Waals surface area contributed by atoms with Crippen LogP contribution in [0.5, 0.6) is 0 Å². The summed E-state index contributed by atoms with van der Waals surface area (Å²) < 4.78 is 8.15. The van der Waals surface area contributed by atoms with E-state index in [1.807, 2.05) is 44.7 Å². The molecule has 0 radical (unpaired) electrons. The molecule has 0 unspecified atom stereocenters. The average Bonchev–Trinajstić information content (AvgIpc) is 3.35. The smallest absolute Gasteiger partial charge is 0.230 e. The summed E-state index contributed by atoms with van der Waals surface area (Å²) in [6, 6.07) is 3.99. The number of hydrogen-bond acceptors (Lipinski definition) is 7. The van der Waals surface area contributed by atoms with E-state index >= 15 is 0 Å². The number of unbranched alkanes of at least 4 members (excludes halogenated alkanes) is 1. The van der Waals surface area contributed by atoms with Crippen LogP contribution >= 0.6 is 11.5 Å². The number of rotatable bonds is 7. The van der Waals surface area contributed by atoms with Crippen molar-refractivity contribution in [2.45, 2.75) is 26.7 Å². The summed E-state index contributed by atoms with van der Waals surface area (Å²) in [7, 11) is 1.91. The number of nitrogens with zero attached hydrogens (tertiary/aromatic N) is 6. The van der Waals surface area contributed by atoms with E-state index in [-0.39, 0.29) is 0 Å². The predicted octanol–water partition coefficient (Wildman–Crippen LogP) is 3.87. The largest absolute Gasteiger partial charge is 0.368 e. The van der Waals surface area contributed by atoms with Crippen LogP contribution in [0.1, 0.15) is 25.5 Å². The molecule has 0 fully saturated rings. The standard InChI is InChI=1S/C18H22N8S/c1-4-5-7-19-17-16-14(6-8-26(16)13-10-20-25(3)11-13)21-18(23-17)22-15-9-12(2)24-27-15/h6,8-11H,4-5,7H2,1-3H3,(H2,19,21,22,23). The van der Waals surface area contributed by atoms with Crippen molar-refractivity contribution in [3.8, 4) is 5.69 Å². The van der Waals surface area contributed by atoms with Crippen molar-refractivity contribution < 1.29 is 0 Å². The van der Waals surface area contributed by atoms with Crippen LogP contribution in [0.25, 0.3) is 16.7 Å². The Bertz CT molecular complexity index is 1060. The molecular formula is C18H22N8S. The summed E-state index contributed by atoms with van der Waals surface area (Å²) in [6.45, 7) is 5.01. The highest BCUT2D eigenvalue weighted by atomic mass is 32.1. The maximum absolute atomic E-state index is 4.74. The van der Waals surface area contributed by atoms with Crippen LogP contribution in [0.4, 0.5) is 16.8 Å². The number of aromatic nitrogens is 6. The monoisotopic (exact) mass is 382 g/mol. The van der Waals surface area contributed by atoms with Crippen molar-refractivity contribution in [2.24, 2.45) is 7.05 Å². The fraction of sp³-hybridized carbons (Fsp3) is 0.333. The first-order valence-electron chi connectivity index (χ1n) is 8.96. The number of anilines is 3. The lowest BCUT2D eigenvalue weighted by Crippen LogP contribution is -2.08. The molecule has 0 aliphatic rings. The zero-order chi connectivity index (χ0) is 18.8. The van der Waals surface area contributed by atoms with Crippen molar-refractivity contribution in [1.29, 1.82) is 0 Å². The van der Waals surface area contributed by atoms with Crippen LogP contribution in [0.2, 0.25) is 0 Å². The van der Waals surface area contributed by atoms with Crippen molar-refractivity contribution in [2.75, 3.05) is 17.2 Å². The van der Waals surface area contributed by atoms with Gasteiger partial charge in [0, 0.05) is 26.0 Å². The van der Waals surface area contributed by atoms with Crippen molar-refractivity contribution in [3.63, 3.8) is 0 Å². The normalized spacial score (nSPS) is 11.2. The molecule has 0 saturated carbocycles. The van der Waals surface area contributed by atoms with E-state index in [0.717, 1.165) is 52.6 Å². The highest BCUT2D eigenvalue weighted by Gasteiger charge is 2.15. The Morgan fingerprint density at radius 2 is 2.15 bits per heavy atom. The van der Waals surface area contributed by atoms with Crippen LogP contribution in [-0.4, -0.2) is 35.2 Å². The number of aryl methyl sites for hydroxylation is 2. The van der Waals surface area contributed by atoms with Gasteiger partial charge in [-0.25, -0.2) is 4.98 Å². The molecule has 9 heteroatoms. The first-order chi connectivity index (χ1) is 13.1. The van der Waals surface area contributed by atoms with E-state index in [1.165, 1.54) is 11.5 Å². The molecule has 8 nitrogen and oxygen atoms in total. The summed E-state index contributed by atoms with van der Waals surface area (Å²) in [5.74, 6) is 1.38. The Morgan fingerprint density at radius 3 is 2.85 bits per heavy atom. The molecule has 0 atom stereocenters.